The number of carbonyl (C=O) groups excluding carboxylic acids is 2. The van der Waals surface area contributed by atoms with Crippen LogP contribution in [0.2, 0.25) is 0 Å². The van der Waals surface area contributed by atoms with Gasteiger partial charge in [0.15, 0.2) is 5.75 Å². The molecule has 5 aromatic rings. The molecular weight excluding hydrogens is 737 g/mol. The van der Waals surface area contributed by atoms with Gasteiger partial charge in [-0.1, -0.05) is 64.0 Å². The van der Waals surface area contributed by atoms with Crippen molar-refractivity contribution in [2.45, 2.75) is 6.92 Å². The van der Waals surface area contributed by atoms with Gasteiger partial charge < -0.3 is 9.72 Å². The third kappa shape index (κ3) is 6.15. The lowest BCUT2D eigenvalue weighted by molar-refractivity contribution is 0.0732. The third-order valence-corrected chi connectivity index (χ3v) is 7.62. The summed E-state index contributed by atoms with van der Waals surface area (Å²) in [5.41, 5.74) is 7.46. The second-order valence-electron chi connectivity index (χ2n) is 8.70. The zero-order valence-corrected chi connectivity index (χ0v) is 25.8. The van der Waals surface area contributed by atoms with Gasteiger partial charge >= 0.3 is 5.97 Å². The molecule has 0 aliphatic carbocycles. The molecule has 194 valence electrons. The van der Waals surface area contributed by atoms with E-state index in [1.54, 1.807) is 30.3 Å². The molecule has 0 bridgehead atoms. The smallest absolute Gasteiger partial charge is 0.343 e. The van der Waals surface area contributed by atoms with Gasteiger partial charge in [-0.05, 0) is 93.5 Å². The number of nitrogens with one attached hydrogen (secondary N) is 2. The molecule has 1 heterocycles. The van der Waals surface area contributed by atoms with Gasteiger partial charge in [0.05, 0.1) is 16.3 Å². The predicted octanol–water partition coefficient (Wildman–Crippen LogP) is 8.26. The number of aromatic nitrogens is 1. The van der Waals surface area contributed by atoms with Crippen LogP contribution in [0.4, 0.5) is 0 Å². The van der Waals surface area contributed by atoms with Crippen molar-refractivity contribution in [1.29, 1.82) is 0 Å². The number of aromatic amines is 1. The van der Waals surface area contributed by atoms with Crippen molar-refractivity contribution in [3.05, 3.63) is 120 Å². The van der Waals surface area contributed by atoms with Crippen LogP contribution >= 0.6 is 54.5 Å². The van der Waals surface area contributed by atoms with E-state index in [0.29, 0.717) is 21.3 Å². The maximum atomic E-state index is 13.3. The quantitative estimate of drug-likeness (QED) is 0.0602. The highest BCUT2D eigenvalue weighted by atomic mass is 127. The number of H-pyrrole nitrogens is 1. The van der Waals surface area contributed by atoms with Crippen LogP contribution in [0.15, 0.2) is 99.0 Å². The average Bonchev–Trinajstić information content (AvgIpc) is 3.29. The minimum atomic E-state index is -0.499. The number of amides is 1. The molecule has 1 amide bonds. The number of nitrogens with zero attached hydrogens (tertiary/aromatic N) is 1. The largest absolute Gasteiger partial charge is 0.421 e. The highest BCUT2D eigenvalue weighted by molar-refractivity contribution is 14.1. The summed E-state index contributed by atoms with van der Waals surface area (Å²) in [5, 5.41) is 5.15. The number of hydrazone groups is 1. The van der Waals surface area contributed by atoms with Gasteiger partial charge in [0.2, 0.25) is 0 Å². The Morgan fingerprint density at radius 2 is 1.77 bits per heavy atom. The van der Waals surface area contributed by atoms with E-state index in [1.165, 1.54) is 6.21 Å². The molecule has 0 aliphatic heterocycles. The summed E-state index contributed by atoms with van der Waals surface area (Å²) in [7, 11) is 0. The summed E-state index contributed by atoms with van der Waals surface area (Å²) in [6.45, 7) is 1.91. The van der Waals surface area contributed by atoms with Crippen molar-refractivity contribution in [2.24, 2.45) is 5.10 Å². The lowest BCUT2D eigenvalue weighted by atomic mass is 10.0. The van der Waals surface area contributed by atoms with E-state index in [0.717, 1.165) is 35.6 Å². The summed E-state index contributed by atoms with van der Waals surface area (Å²) in [4.78, 5) is 29.4. The van der Waals surface area contributed by atoms with E-state index < -0.39 is 11.9 Å². The molecule has 9 heteroatoms. The predicted molar refractivity (Wildman–Crippen MR) is 169 cm³/mol. The number of hydrogen-bond donors (Lipinski definition) is 2. The van der Waals surface area contributed by atoms with Gasteiger partial charge in [-0.25, -0.2) is 10.2 Å². The van der Waals surface area contributed by atoms with Gasteiger partial charge in [0.25, 0.3) is 5.91 Å². The Morgan fingerprint density at radius 1 is 0.974 bits per heavy atom. The van der Waals surface area contributed by atoms with E-state index in [1.807, 2.05) is 61.5 Å². The third-order valence-electron chi connectivity index (χ3n) is 5.91. The zero-order chi connectivity index (χ0) is 27.5. The molecule has 1 aromatic heterocycles. The number of rotatable bonds is 6. The van der Waals surface area contributed by atoms with Crippen LogP contribution in [0, 0.1) is 10.5 Å². The van der Waals surface area contributed by atoms with Gasteiger partial charge in [-0.2, -0.15) is 5.10 Å². The average molecular weight is 757 g/mol. The number of carbonyl (C=O) groups is 2. The first kappa shape index (κ1) is 27.3. The standard InChI is InChI=1S/C30H20Br2IN3O3/c1-17-6-5-9-19(12-17)30(38)39-28-20(13-21(31)14-24(28)32)16-34-36-29(37)27-26(18-7-3-2-4-8-18)23-15-22(33)10-11-25(23)35-27/h2-16,35H,1H3,(H,36,37). The molecule has 0 saturated carbocycles. The topological polar surface area (TPSA) is 83.5 Å². The Morgan fingerprint density at radius 3 is 2.54 bits per heavy atom. The second kappa shape index (κ2) is 11.8. The molecule has 0 radical (unpaired) electrons. The van der Waals surface area contributed by atoms with Crippen LogP contribution in [0.3, 0.4) is 0 Å². The highest BCUT2D eigenvalue weighted by Crippen LogP contribution is 2.34. The molecule has 2 N–H and O–H groups in total. The first-order valence-corrected chi connectivity index (χ1v) is 14.4. The highest BCUT2D eigenvalue weighted by Gasteiger charge is 2.20. The van der Waals surface area contributed by atoms with Crippen LogP contribution in [-0.4, -0.2) is 23.1 Å². The van der Waals surface area contributed by atoms with E-state index in [9.17, 15) is 9.59 Å². The second-order valence-corrected chi connectivity index (χ2v) is 11.7. The monoisotopic (exact) mass is 755 g/mol. The Kier molecular flexibility index (Phi) is 8.29. The van der Waals surface area contributed by atoms with Crippen LogP contribution in [-0.2, 0) is 0 Å². The lowest BCUT2D eigenvalue weighted by Gasteiger charge is -2.11. The van der Waals surface area contributed by atoms with Gasteiger partial charge in [0.1, 0.15) is 5.69 Å². The number of hydrogen-bond acceptors (Lipinski definition) is 4. The van der Waals surface area contributed by atoms with Crippen molar-refractivity contribution in [1.82, 2.24) is 10.4 Å². The van der Waals surface area contributed by atoms with Crippen LogP contribution in [0.1, 0.15) is 32.0 Å². The number of aryl methyl sites for hydroxylation is 1. The molecule has 0 saturated heterocycles. The molecule has 6 nitrogen and oxygen atoms in total. The maximum Gasteiger partial charge on any atom is 0.343 e. The Labute approximate surface area is 255 Å². The van der Waals surface area contributed by atoms with Gasteiger partial charge in [0, 0.05) is 30.1 Å². The number of ether oxygens (including phenoxy) is 1. The lowest BCUT2D eigenvalue weighted by Crippen LogP contribution is -2.19. The first-order chi connectivity index (χ1) is 18.8. The summed E-state index contributed by atoms with van der Waals surface area (Å²) >= 11 is 9.19. The molecule has 0 aliphatic rings. The van der Waals surface area contributed by atoms with Crippen molar-refractivity contribution in [2.75, 3.05) is 0 Å². The van der Waals surface area contributed by atoms with Crippen LogP contribution in [0.5, 0.6) is 5.75 Å². The number of fused-ring (bicyclic) bond motifs is 1. The van der Waals surface area contributed by atoms with E-state index >= 15 is 0 Å². The fraction of sp³-hybridized carbons (Fsp3) is 0.0333. The summed E-state index contributed by atoms with van der Waals surface area (Å²) in [6, 6.07) is 26.4. The number of halogens is 3. The summed E-state index contributed by atoms with van der Waals surface area (Å²) < 4.78 is 8.09. The summed E-state index contributed by atoms with van der Waals surface area (Å²) in [6.07, 6.45) is 1.44. The van der Waals surface area contributed by atoms with Crippen molar-refractivity contribution >= 4 is 83.4 Å². The number of esters is 1. The molecule has 0 spiro atoms. The molecular formula is C30H20Br2IN3O3. The molecule has 5 rings (SSSR count). The molecule has 0 atom stereocenters. The fourth-order valence-electron chi connectivity index (χ4n) is 4.16. The SMILES string of the molecule is Cc1cccc(C(=O)Oc2c(Br)cc(Br)cc2C=NNC(=O)c2[nH]c3ccc(I)cc3c2-c2ccccc2)c1. The first-order valence-electron chi connectivity index (χ1n) is 11.8. The Hall–Kier alpha value is -3.28. The van der Waals surface area contributed by atoms with Gasteiger partial charge in [-0.15, -0.1) is 0 Å². The number of benzene rings is 4. The molecule has 0 fully saturated rings. The molecule has 4 aromatic carbocycles. The molecule has 39 heavy (non-hydrogen) atoms. The summed E-state index contributed by atoms with van der Waals surface area (Å²) in [5.74, 6) is -0.614. The minimum absolute atomic E-state index is 0.285. The maximum absolute atomic E-state index is 13.3. The van der Waals surface area contributed by atoms with E-state index in [2.05, 4.69) is 70.0 Å². The zero-order valence-electron chi connectivity index (χ0n) is 20.5. The van der Waals surface area contributed by atoms with Crippen molar-refractivity contribution in [3.8, 4) is 16.9 Å². The van der Waals surface area contributed by atoms with E-state index in [-0.39, 0.29) is 5.75 Å². The fourth-order valence-corrected chi connectivity index (χ4v) is 5.99. The van der Waals surface area contributed by atoms with E-state index in [4.69, 9.17) is 4.74 Å². The van der Waals surface area contributed by atoms with Gasteiger partial charge in [-0.3, -0.25) is 4.79 Å². The Balaban J connectivity index is 1.44. The van der Waals surface area contributed by atoms with Crippen LogP contribution < -0.4 is 10.2 Å². The normalized spacial score (nSPS) is 11.2. The minimum Gasteiger partial charge on any atom is -0.421 e. The van der Waals surface area contributed by atoms with Crippen molar-refractivity contribution < 1.29 is 14.3 Å². The Bertz CT molecular complexity index is 1750. The van der Waals surface area contributed by atoms with Crippen LogP contribution in [0.25, 0.3) is 22.0 Å². The van der Waals surface area contributed by atoms with Crippen molar-refractivity contribution in [3.63, 3.8) is 0 Å². The molecule has 0 unspecified atom stereocenters.